The molecule has 0 saturated carbocycles. The van der Waals surface area contributed by atoms with Crippen molar-refractivity contribution in [2.45, 2.75) is 51.4 Å². The van der Waals surface area contributed by atoms with E-state index in [0.717, 1.165) is 6.42 Å². The van der Waals surface area contributed by atoms with Crippen LogP contribution in [0.1, 0.15) is 43.5 Å². The maximum Gasteiger partial charge on any atom is 0.422 e. The smallest absolute Gasteiger partial charge is 0.422 e. The first kappa shape index (κ1) is 22.2. The molecule has 0 aliphatic carbocycles. The number of halogens is 3. The number of nitrogens with zero attached hydrogens (tertiary/aromatic N) is 3. The topological polar surface area (TPSA) is 72.0 Å². The Kier molecular flexibility index (Phi) is 6.72. The zero-order chi connectivity index (χ0) is 21.9. The highest BCUT2D eigenvalue weighted by atomic mass is 19.4. The summed E-state index contributed by atoms with van der Waals surface area (Å²) in [5, 5.41) is 0. The van der Waals surface area contributed by atoms with Crippen LogP contribution in [-0.2, 0) is 4.74 Å². The molecule has 166 valence electrons. The highest BCUT2D eigenvalue weighted by molar-refractivity contribution is 5.94. The van der Waals surface area contributed by atoms with E-state index in [1.54, 1.807) is 4.90 Å². The zero-order valence-corrected chi connectivity index (χ0v) is 17.0. The Morgan fingerprint density at radius 3 is 2.60 bits per heavy atom. The molecular formula is C20H26F3N3O4. The van der Waals surface area contributed by atoms with Crippen molar-refractivity contribution in [2.24, 2.45) is 5.92 Å². The second kappa shape index (κ2) is 9.09. The molecule has 0 bridgehead atoms. The van der Waals surface area contributed by atoms with Gasteiger partial charge in [0.05, 0.1) is 11.6 Å². The van der Waals surface area contributed by atoms with Crippen LogP contribution in [0.15, 0.2) is 18.3 Å². The number of rotatable bonds is 6. The Morgan fingerprint density at radius 1 is 1.33 bits per heavy atom. The molecule has 10 heteroatoms. The minimum atomic E-state index is -4.45. The molecule has 7 nitrogen and oxygen atoms in total. The molecule has 0 spiro atoms. The third-order valence-electron chi connectivity index (χ3n) is 5.76. The van der Waals surface area contributed by atoms with Gasteiger partial charge in [-0.2, -0.15) is 13.2 Å². The fraction of sp³-hybridized carbons (Fsp3) is 0.650. The fourth-order valence-electron chi connectivity index (χ4n) is 3.85. The van der Waals surface area contributed by atoms with Crippen LogP contribution < -0.4 is 4.74 Å². The number of carbonyl (C=O) groups excluding carboxylic acids is 2. The maximum absolute atomic E-state index is 12.7. The van der Waals surface area contributed by atoms with Crippen molar-refractivity contribution in [3.05, 3.63) is 23.9 Å². The standard InChI is InChI=1S/C20H26F3N3O4/c1-3-13(2)16-11-29-19(28)26(16)15-6-8-25(9-7-15)18(27)14-4-5-17(24-10-14)30-12-20(21,22)23/h4-5,10,13,15-16H,3,6-9,11-12H2,1-2H3. The van der Waals surface area contributed by atoms with E-state index in [4.69, 9.17) is 4.74 Å². The number of aromatic nitrogens is 1. The van der Waals surface area contributed by atoms with Crippen molar-refractivity contribution in [2.75, 3.05) is 26.3 Å². The number of ether oxygens (including phenoxy) is 2. The lowest BCUT2D eigenvalue weighted by Crippen LogP contribution is -2.51. The van der Waals surface area contributed by atoms with Crippen LogP contribution in [-0.4, -0.2) is 71.3 Å². The van der Waals surface area contributed by atoms with E-state index >= 15 is 0 Å². The van der Waals surface area contributed by atoms with Gasteiger partial charge in [0.25, 0.3) is 5.91 Å². The Balaban J connectivity index is 1.55. The van der Waals surface area contributed by atoms with Crippen molar-refractivity contribution < 1.29 is 32.2 Å². The summed E-state index contributed by atoms with van der Waals surface area (Å²) in [5.74, 6) is -0.0997. The van der Waals surface area contributed by atoms with Gasteiger partial charge in [0.1, 0.15) is 6.61 Å². The van der Waals surface area contributed by atoms with Gasteiger partial charge in [-0.1, -0.05) is 20.3 Å². The van der Waals surface area contributed by atoms with E-state index in [1.807, 2.05) is 4.90 Å². The van der Waals surface area contributed by atoms with Gasteiger partial charge in [0, 0.05) is 31.4 Å². The number of hydrogen-bond acceptors (Lipinski definition) is 5. The van der Waals surface area contributed by atoms with Gasteiger partial charge in [0.2, 0.25) is 5.88 Å². The largest absolute Gasteiger partial charge is 0.468 e. The predicted octanol–water partition coefficient (Wildman–Crippen LogP) is 3.49. The van der Waals surface area contributed by atoms with Gasteiger partial charge >= 0.3 is 12.3 Å². The molecule has 2 aliphatic heterocycles. The second-order valence-electron chi connectivity index (χ2n) is 7.75. The average molecular weight is 429 g/mol. The third-order valence-corrected chi connectivity index (χ3v) is 5.76. The van der Waals surface area contributed by atoms with Gasteiger partial charge in [0.15, 0.2) is 6.61 Å². The van der Waals surface area contributed by atoms with Gasteiger partial charge in [-0.3, -0.25) is 9.69 Å². The first-order chi connectivity index (χ1) is 14.2. The van der Waals surface area contributed by atoms with Crippen LogP contribution in [0.4, 0.5) is 18.0 Å². The second-order valence-corrected chi connectivity index (χ2v) is 7.75. The van der Waals surface area contributed by atoms with Crippen molar-refractivity contribution in [1.29, 1.82) is 0 Å². The zero-order valence-electron chi connectivity index (χ0n) is 17.0. The molecule has 3 heterocycles. The molecule has 3 rings (SSSR count). The highest BCUT2D eigenvalue weighted by Gasteiger charge is 2.41. The Bertz CT molecular complexity index is 749. The van der Waals surface area contributed by atoms with Gasteiger partial charge in [-0.05, 0) is 24.8 Å². The monoisotopic (exact) mass is 429 g/mol. The van der Waals surface area contributed by atoms with Crippen molar-refractivity contribution in [3.8, 4) is 5.88 Å². The summed E-state index contributed by atoms with van der Waals surface area (Å²) in [5.41, 5.74) is 0.283. The third kappa shape index (κ3) is 5.14. The molecule has 30 heavy (non-hydrogen) atoms. The molecule has 1 aromatic rings. The number of carbonyl (C=O) groups is 2. The fourth-order valence-corrected chi connectivity index (χ4v) is 3.85. The van der Waals surface area contributed by atoms with Crippen LogP contribution in [0.2, 0.25) is 0 Å². The molecule has 1 aromatic heterocycles. The Labute approximate surface area is 173 Å². The summed E-state index contributed by atoms with van der Waals surface area (Å²) in [4.78, 5) is 32.2. The number of likely N-dealkylation sites (tertiary alicyclic amines) is 1. The number of cyclic esters (lactones) is 1. The first-order valence-corrected chi connectivity index (χ1v) is 10.1. The molecular weight excluding hydrogens is 403 g/mol. The summed E-state index contributed by atoms with van der Waals surface area (Å²) in [6.07, 6.45) is -1.27. The van der Waals surface area contributed by atoms with Gasteiger partial charge in [-0.25, -0.2) is 9.78 Å². The van der Waals surface area contributed by atoms with Gasteiger partial charge < -0.3 is 14.4 Å². The van der Waals surface area contributed by atoms with Crippen LogP contribution in [0, 0.1) is 5.92 Å². The van der Waals surface area contributed by atoms with Crippen molar-refractivity contribution in [3.63, 3.8) is 0 Å². The summed E-state index contributed by atoms with van der Waals surface area (Å²) >= 11 is 0. The van der Waals surface area contributed by atoms with Crippen LogP contribution >= 0.6 is 0 Å². The minimum Gasteiger partial charge on any atom is -0.468 e. The number of piperidine rings is 1. The molecule has 2 saturated heterocycles. The number of alkyl halides is 3. The lowest BCUT2D eigenvalue weighted by atomic mass is 9.95. The van der Waals surface area contributed by atoms with E-state index in [2.05, 4.69) is 23.6 Å². The quantitative estimate of drug-likeness (QED) is 0.692. The molecule has 2 atom stereocenters. The SMILES string of the molecule is CCC(C)C1COC(=O)N1C1CCN(C(=O)c2ccc(OCC(F)(F)F)nc2)CC1. The van der Waals surface area contributed by atoms with Crippen LogP contribution in [0.25, 0.3) is 0 Å². The highest BCUT2D eigenvalue weighted by Crippen LogP contribution is 2.29. The van der Waals surface area contributed by atoms with Crippen molar-refractivity contribution >= 4 is 12.0 Å². The van der Waals surface area contributed by atoms with Crippen LogP contribution in [0.5, 0.6) is 5.88 Å². The molecule has 2 fully saturated rings. The molecule has 2 aliphatic rings. The maximum atomic E-state index is 12.7. The average Bonchev–Trinajstić information content (AvgIpc) is 3.12. The van der Waals surface area contributed by atoms with E-state index < -0.39 is 12.8 Å². The molecule has 2 unspecified atom stereocenters. The molecule has 0 N–H and O–H groups in total. The lowest BCUT2D eigenvalue weighted by molar-refractivity contribution is -0.154. The lowest BCUT2D eigenvalue weighted by Gasteiger charge is -2.39. The first-order valence-electron chi connectivity index (χ1n) is 10.1. The van der Waals surface area contributed by atoms with E-state index in [9.17, 15) is 22.8 Å². The minimum absolute atomic E-state index is 0.0271. The normalized spacial score (nSPS) is 21.5. The summed E-state index contributed by atoms with van der Waals surface area (Å²) in [7, 11) is 0. The molecule has 0 radical (unpaired) electrons. The summed E-state index contributed by atoms with van der Waals surface area (Å²) < 4.78 is 46.4. The molecule has 0 aromatic carbocycles. The van der Waals surface area contributed by atoms with Crippen LogP contribution in [0.3, 0.4) is 0 Å². The van der Waals surface area contributed by atoms with E-state index in [1.165, 1.54) is 18.3 Å². The Hall–Kier alpha value is -2.52. The number of amides is 2. The predicted molar refractivity (Wildman–Crippen MR) is 101 cm³/mol. The summed E-state index contributed by atoms with van der Waals surface area (Å²) in [6, 6.07) is 2.75. The number of pyridine rings is 1. The molecule has 2 amide bonds. The van der Waals surface area contributed by atoms with Gasteiger partial charge in [-0.15, -0.1) is 0 Å². The Morgan fingerprint density at radius 2 is 2.03 bits per heavy atom. The van der Waals surface area contributed by atoms with E-state index in [0.29, 0.717) is 38.5 Å². The van der Waals surface area contributed by atoms with E-state index in [-0.39, 0.29) is 35.5 Å². The number of hydrogen-bond donors (Lipinski definition) is 0. The summed E-state index contributed by atoms with van der Waals surface area (Å²) in [6.45, 7) is 4.12. The van der Waals surface area contributed by atoms with Crippen molar-refractivity contribution in [1.82, 2.24) is 14.8 Å².